The maximum absolute atomic E-state index is 12.8. The third kappa shape index (κ3) is 6.77. The number of aromatic nitrogens is 3. The number of nitrogens with zero attached hydrogens (tertiary/aromatic N) is 3. The van der Waals surface area contributed by atoms with Gasteiger partial charge in [0.25, 0.3) is 0 Å². The fraction of sp³-hybridized carbons (Fsp3) is 0.323. The topological polar surface area (TPSA) is 87.5 Å². The van der Waals surface area contributed by atoms with E-state index < -0.39 is 0 Å². The van der Waals surface area contributed by atoms with Gasteiger partial charge in [0, 0.05) is 17.3 Å². The summed E-state index contributed by atoms with van der Waals surface area (Å²) in [4.78, 5) is 12.8. The molecule has 1 saturated carbocycles. The molecule has 8 nitrogen and oxygen atoms in total. The van der Waals surface area contributed by atoms with Gasteiger partial charge in [-0.25, -0.2) is 0 Å². The lowest BCUT2D eigenvalue weighted by atomic mass is 9.95. The van der Waals surface area contributed by atoms with Crippen molar-refractivity contribution < 1.29 is 19.0 Å². The Morgan fingerprint density at radius 1 is 0.925 bits per heavy atom. The first kappa shape index (κ1) is 27.6. The van der Waals surface area contributed by atoms with Gasteiger partial charge >= 0.3 is 0 Å². The number of hydrogen-bond acceptors (Lipinski definition) is 7. The molecule has 1 amide bonds. The van der Waals surface area contributed by atoms with E-state index >= 15 is 0 Å². The van der Waals surface area contributed by atoms with Crippen LogP contribution in [0, 0.1) is 0 Å². The maximum Gasteiger partial charge on any atom is 0.234 e. The summed E-state index contributed by atoms with van der Waals surface area (Å²) in [5, 5.41) is 12.8. The average Bonchev–Trinajstić information content (AvgIpc) is 3.44. The predicted molar refractivity (Wildman–Crippen MR) is 157 cm³/mol. The summed E-state index contributed by atoms with van der Waals surface area (Å²) < 4.78 is 19.0. The number of benzene rings is 3. The molecule has 0 radical (unpaired) electrons. The lowest BCUT2D eigenvalue weighted by Crippen LogP contribution is -2.17. The van der Waals surface area contributed by atoms with Gasteiger partial charge in [-0.1, -0.05) is 61.4 Å². The smallest absolute Gasteiger partial charge is 0.234 e. The van der Waals surface area contributed by atoms with E-state index in [9.17, 15) is 4.79 Å². The molecule has 1 N–H and O–H groups in total. The Morgan fingerprint density at radius 3 is 2.40 bits per heavy atom. The van der Waals surface area contributed by atoms with Crippen LogP contribution >= 0.6 is 11.8 Å². The zero-order valence-corrected chi connectivity index (χ0v) is 23.7. The predicted octanol–water partition coefficient (Wildman–Crippen LogP) is 6.78. The maximum atomic E-state index is 12.8. The van der Waals surface area contributed by atoms with Crippen LogP contribution in [0.15, 0.2) is 78.0 Å². The number of methoxy groups -OCH3 is 2. The summed E-state index contributed by atoms with van der Waals surface area (Å²) >= 11 is 1.41. The molecule has 208 valence electrons. The second-order valence-corrected chi connectivity index (χ2v) is 10.6. The van der Waals surface area contributed by atoms with Crippen molar-refractivity contribution in [3.8, 4) is 28.6 Å². The Kier molecular flexibility index (Phi) is 9.23. The van der Waals surface area contributed by atoms with Gasteiger partial charge in [-0.3, -0.25) is 9.36 Å². The van der Waals surface area contributed by atoms with Crippen molar-refractivity contribution in [3.05, 3.63) is 78.4 Å². The molecule has 0 unspecified atom stereocenters. The van der Waals surface area contributed by atoms with Crippen molar-refractivity contribution in [1.29, 1.82) is 0 Å². The van der Waals surface area contributed by atoms with Gasteiger partial charge in [0.1, 0.15) is 12.4 Å². The summed E-state index contributed by atoms with van der Waals surface area (Å²) in [5.74, 6) is 2.96. The molecule has 0 saturated heterocycles. The molecule has 0 atom stereocenters. The van der Waals surface area contributed by atoms with Gasteiger partial charge in [-0.2, -0.15) is 0 Å². The molecule has 9 heteroatoms. The molecule has 4 aromatic rings. The number of carbonyl (C=O) groups is 1. The lowest BCUT2D eigenvalue weighted by Gasteiger charge is -2.25. The Hall–Kier alpha value is -3.98. The monoisotopic (exact) mass is 558 g/mol. The number of anilines is 1. The van der Waals surface area contributed by atoms with Crippen LogP contribution in [0.3, 0.4) is 0 Å². The molecule has 3 aromatic carbocycles. The molecule has 1 fully saturated rings. The molecule has 1 aliphatic carbocycles. The van der Waals surface area contributed by atoms with Crippen molar-refractivity contribution in [3.63, 3.8) is 0 Å². The zero-order chi connectivity index (χ0) is 27.7. The molecule has 40 heavy (non-hydrogen) atoms. The molecule has 0 spiro atoms. The Balaban J connectivity index is 1.25. The van der Waals surface area contributed by atoms with Gasteiger partial charge in [0.15, 0.2) is 22.5 Å². The summed E-state index contributed by atoms with van der Waals surface area (Å²) in [6.45, 7) is 0.496. The van der Waals surface area contributed by atoms with E-state index in [1.807, 2.05) is 72.8 Å². The number of nitrogens with one attached hydrogen (secondary N) is 1. The largest absolute Gasteiger partial charge is 0.493 e. The van der Waals surface area contributed by atoms with Crippen molar-refractivity contribution in [2.45, 2.75) is 49.9 Å². The molecular formula is C31H34N4O4S. The zero-order valence-electron chi connectivity index (χ0n) is 22.8. The molecule has 0 bridgehead atoms. The number of thioether (sulfide) groups is 1. The first-order valence-electron chi connectivity index (χ1n) is 13.5. The van der Waals surface area contributed by atoms with Crippen LogP contribution < -0.4 is 19.5 Å². The SMILES string of the molecule is COc1ccc(-c2nnc(SCC(=O)Nc3ccc(OCc4ccccc4)cc3)n2C2CCCCC2)cc1OC. The summed E-state index contributed by atoms with van der Waals surface area (Å²) in [7, 11) is 3.24. The molecule has 1 aliphatic rings. The Bertz CT molecular complexity index is 1400. The second-order valence-electron chi connectivity index (χ2n) is 9.67. The van der Waals surface area contributed by atoms with Gasteiger partial charge in [-0.15, -0.1) is 10.2 Å². The summed E-state index contributed by atoms with van der Waals surface area (Å²) in [6.07, 6.45) is 5.71. The molecule has 0 aliphatic heterocycles. The van der Waals surface area contributed by atoms with Crippen molar-refractivity contribution in [1.82, 2.24) is 14.8 Å². The van der Waals surface area contributed by atoms with Crippen LogP contribution in [-0.4, -0.2) is 40.6 Å². The van der Waals surface area contributed by atoms with E-state index in [0.29, 0.717) is 24.1 Å². The van der Waals surface area contributed by atoms with E-state index in [0.717, 1.165) is 46.4 Å². The fourth-order valence-electron chi connectivity index (χ4n) is 4.92. The van der Waals surface area contributed by atoms with E-state index in [-0.39, 0.29) is 11.7 Å². The first-order valence-corrected chi connectivity index (χ1v) is 14.5. The van der Waals surface area contributed by atoms with Crippen molar-refractivity contribution in [2.75, 3.05) is 25.3 Å². The van der Waals surface area contributed by atoms with Crippen LogP contribution in [0.5, 0.6) is 17.2 Å². The summed E-state index contributed by atoms with van der Waals surface area (Å²) in [5.41, 5.74) is 2.73. The first-order chi connectivity index (χ1) is 19.6. The highest BCUT2D eigenvalue weighted by molar-refractivity contribution is 7.99. The van der Waals surface area contributed by atoms with Gasteiger partial charge in [-0.05, 0) is 60.9 Å². The molecule has 5 rings (SSSR count). The highest BCUT2D eigenvalue weighted by atomic mass is 32.2. The Labute approximate surface area is 239 Å². The quantitative estimate of drug-likeness (QED) is 0.203. The lowest BCUT2D eigenvalue weighted by molar-refractivity contribution is -0.113. The van der Waals surface area contributed by atoms with Crippen molar-refractivity contribution >= 4 is 23.4 Å². The third-order valence-electron chi connectivity index (χ3n) is 6.96. The van der Waals surface area contributed by atoms with Crippen LogP contribution in [0.25, 0.3) is 11.4 Å². The highest BCUT2D eigenvalue weighted by Gasteiger charge is 2.25. The molecular weight excluding hydrogens is 524 g/mol. The number of hydrogen-bond donors (Lipinski definition) is 1. The minimum absolute atomic E-state index is 0.103. The standard InChI is InChI=1S/C31H34N4O4S/c1-37-27-18-13-23(19-28(27)38-2)30-33-34-31(35(30)25-11-7-4-8-12-25)40-21-29(36)32-24-14-16-26(17-15-24)39-20-22-9-5-3-6-10-22/h3,5-6,9-10,13-19,25H,4,7-8,11-12,20-21H2,1-2H3,(H,32,36). The number of amides is 1. The van der Waals surface area contributed by atoms with Gasteiger partial charge in [0.2, 0.25) is 5.91 Å². The minimum Gasteiger partial charge on any atom is -0.493 e. The van der Waals surface area contributed by atoms with Gasteiger partial charge in [0.05, 0.1) is 20.0 Å². The Morgan fingerprint density at radius 2 is 1.68 bits per heavy atom. The third-order valence-corrected chi connectivity index (χ3v) is 7.91. The van der Waals surface area contributed by atoms with E-state index in [4.69, 9.17) is 14.2 Å². The van der Waals surface area contributed by atoms with Crippen LogP contribution in [0.2, 0.25) is 0 Å². The number of ether oxygens (including phenoxy) is 3. The van der Waals surface area contributed by atoms with Crippen LogP contribution in [0.4, 0.5) is 5.69 Å². The fourth-order valence-corrected chi connectivity index (χ4v) is 5.72. The summed E-state index contributed by atoms with van der Waals surface area (Å²) in [6, 6.07) is 23.5. The van der Waals surface area contributed by atoms with Crippen LogP contribution in [0.1, 0.15) is 43.7 Å². The normalized spacial score (nSPS) is 13.6. The second kappa shape index (κ2) is 13.4. The highest BCUT2D eigenvalue weighted by Crippen LogP contribution is 2.38. The number of rotatable bonds is 11. The van der Waals surface area contributed by atoms with E-state index in [2.05, 4.69) is 20.1 Å². The number of carbonyl (C=O) groups excluding carboxylic acids is 1. The van der Waals surface area contributed by atoms with Crippen molar-refractivity contribution in [2.24, 2.45) is 0 Å². The van der Waals surface area contributed by atoms with E-state index in [1.165, 1.54) is 31.0 Å². The van der Waals surface area contributed by atoms with Gasteiger partial charge < -0.3 is 19.5 Å². The van der Waals surface area contributed by atoms with E-state index in [1.54, 1.807) is 14.2 Å². The average molecular weight is 559 g/mol. The minimum atomic E-state index is -0.103. The molecule has 1 heterocycles. The van der Waals surface area contributed by atoms with Crippen LogP contribution in [-0.2, 0) is 11.4 Å². The molecule has 1 aromatic heterocycles.